The van der Waals surface area contributed by atoms with Crippen LogP contribution in [0.5, 0.6) is 0 Å². The van der Waals surface area contributed by atoms with Crippen LogP contribution in [0, 0.1) is 5.92 Å². The topological polar surface area (TPSA) is 45.9 Å². The Morgan fingerprint density at radius 1 is 1.29 bits per heavy atom. The molecular formula is C18H22N2O3S. The smallest absolute Gasteiger partial charge is 0.227 e. The summed E-state index contributed by atoms with van der Waals surface area (Å²) in [6.45, 7) is 5.04. The Balaban J connectivity index is 1.36. The normalized spacial score (nSPS) is 24.8. The third-order valence-corrected chi connectivity index (χ3v) is 5.73. The lowest BCUT2D eigenvalue weighted by Gasteiger charge is -2.22. The Hall–Kier alpha value is -1.63. The van der Waals surface area contributed by atoms with E-state index in [1.54, 1.807) is 23.9 Å². The number of carbonyl (C=O) groups excluding carboxylic acids is 1. The highest BCUT2D eigenvalue weighted by Gasteiger charge is 2.38. The Labute approximate surface area is 145 Å². The standard InChI is InChI=1S/C18H22N2O3S/c21-18(8-16-2-1-7-24-16)20-11-15-10-19(4-6-23-17(15)12-20)9-14-3-5-22-13-14/h1-3,5,7,13,15,17H,4,6,8-12H2/t15-,17+/m0/s1. The molecule has 2 fully saturated rings. The number of amides is 1. The second kappa shape index (κ2) is 7.09. The molecule has 128 valence electrons. The summed E-state index contributed by atoms with van der Waals surface area (Å²) in [5.41, 5.74) is 1.19. The molecule has 2 aromatic heterocycles. The summed E-state index contributed by atoms with van der Waals surface area (Å²) in [6.07, 6.45) is 4.20. The van der Waals surface area contributed by atoms with E-state index >= 15 is 0 Å². The number of nitrogens with zero attached hydrogens (tertiary/aromatic N) is 2. The van der Waals surface area contributed by atoms with Gasteiger partial charge in [0.05, 0.1) is 31.7 Å². The Kier molecular flexibility index (Phi) is 4.69. The van der Waals surface area contributed by atoms with E-state index in [1.165, 1.54) is 5.56 Å². The quantitative estimate of drug-likeness (QED) is 0.852. The highest BCUT2D eigenvalue weighted by molar-refractivity contribution is 7.10. The SMILES string of the molecule is O=C(Cc1cccs1)N1C[C@@H]2CN(Cc3ccoc3)CCO[C@@H]2C1. The number of fused-ring (bicyclic) bond motifs is 1. The number of likely N-dealkylation sites (tertiary alicyclic amines) is 1. The molecule has 24 heavy (non-hydrogen) atoms. The van der Waals surface area contributed by atoms with Gasteiger partial charge in [0, 0.05) is 49.1 Å². The number of hydrogen-bond acceptors (Lipinski definition) is 5. The first-order valence-corrected chi connectivity index (χ1v) is 9.31. The van der Waals surface area contributed by atoms with Crippen LogP contribution in [0.2, 0.25) is 0 Å². The molecule has 0 unspecified atom stereocenters. The molecular weight excluding hydrogens is 324 g/mol. The van der Waals surface area contributed by atoms with Gasteiger partial charge in [-0.05, 0) is 17.5 Å². The van der Waals surface area contributed by atoms with Crippen LogP contribution in [0.15, 0.2) is 40.5 Å². The molecule has 0 spiro atoms. The van der Waals surface area contributed by atoms with Crippen LogP contribution < -0.4 is 0 Å². The van der Waals surface area contributed by atoms with Gasteiger partial charge in [-0.25, -0.2) is 0 Å². The highest BCUT2D eigenvalue weighted by Crippen LogP contribution is 2.25. The first kappa shape index (κ1) is 15.9. The van der Waals surface area contributed by atoms with Crippen molar-refractivity contribution in [3.05, 3.63) is 46.5 Å². The second-order valence-electron chi connectivity index (χ2n) is 6.59. The van der Waals surface area contributed by atoms with Crippen molar-refractivity contribution in [2.24, 2.45) is 5.92 Å². The number of ether oxygens (including phenoxy) is 1. The summed E-state index contributed by atoms with van der Waals surface area (Å²) in [5.74, 6) is 0.613. The minimum atomic E-state index is 0.173. The van der Waals surface area contributed by atoms with E-state index in [9.17, 15) is 4.79 Å². The molecule has 0 bridgehead atoms. The van der Waals surface area contributed by atoms with Crippen LogP contribution in [-0.2, 0) is 22.5 Å². The summed E-state index contributed by atoms with van der Waals surface area (Å²) >= 11 is 1.65. The number of carbonyl (C=O) groups is 1. The molecule has 4 rings (SSSR count). The summed E-state index contributed by atoms with van der Waals surface area (Å²) < 4.78 is 11.2. The van der Waals surface area contributed by atoms with E-state index in [0.29, 0.717) is 12.3 Å². The lowest BCUT2D eigenvalue weighted by atomic mass is 10.1. The van der Waals surface area contributed by atoms with Gasteiger partial charge in [0.2, 0.25) is 5.91 Å². The van der Waals surface area contributed by atoms with Crippen molar-refractivity contribution in [2.75, 3.05) is 32.8 Å². The van der Waals surface area contributed by atoms with Crippen LogP contribution in [0.25, 0.3) is 0 Å². The van der Waals surface area contributed by atoms with Crippen molar-refractivity contribution in [3.8, 4) is 0 Å². The minimum absolute atomic E-state index is 0.173. The third-order valence-electron chi connectivity index (χ3n) is 4.86. The van der Waals surface area contributed by atoms with Gasteiger partial charge in [0.1, 0.15) is 0 Å². The van der Waals surface area contributed by atoms with Crippen molar-refractivity contribution in [1.29, 1.82) is 0 Å². The molecule has 0 saturated carbocycles. The predicted molar refractivity (Wildman–Crippen MR) is 91.8 cm³/mol. The zero-order chi connectivity index (χ0) is 16.4. The predicted octanol–water partition coefficient (Wildman–Crippen LogP) is 2.24. The fourth-order valence-electron chi connectivity index (χ4n) is 3.62. The van der Waals surface area contributed by atoms with Crippen LogP contribution >= 0.6 is 11.3 Å². The van der Waals surface area contributed by atoms with Crippen molar-refractivity contribution < 1.29 is 13.9 Å². The molecule has 0 radical (unpaired) electrons. The van der Waals surface area contributed by atoms with Crippen LogP contribution in [0.4, 0.5) is 0 Å². The summed E-state index contributed by atoms with van der Waals surface area (Å²) in [4.78, 5) is 18.1. The average molecular weight is 346 g/mol. The summed E-state index contributed by atoms with van der Waals surface area (Å²) in [5, 5.41) is 2.02. The average Bonchev–Trinajstić information content (AvgIpc) is 3.29. The molecule has 2 atom stereocenters. The van der Waals surface area contributed by atoms with E-state index in [1.807, 2.05) is 28.5 Å². The maximum absolute atomic E-state index is 12.5. The zero-order valence-electron chi connectivity index (χ0n) is 13.6. The number of thiophene rings is 1. The van der Waals surface area contributed by atoms with Gasteiger partial charge in [-0.3, -0.25) is 9.69 Å². The molecule has 5 nitrogen and oxygen atoms in total. The van der Waals surface area contributed by atoms with Gasteiger partial charge in [-0.15, -0.1) is 11.3 Å². The molecule has 0 aliphatic carbocycles. The monoisotopic (exact) mass is 346 g/mol. The summed E-state index contributed by atoms with van der Waals surface area (Å²) in [7, 11) is 0. The lowest BCUT2D eigenvalue weighted by molar-refractivity contribution is -0.130. The summed E-state index contributed by atoms with van der Waals surface area (Å²) in [6, 6.07) is 6.03. The maximum Gasteiger partial charge on any atom is 0.227 e. The fraction of sp³-hybridized carbons (Fsp3) is 0.500. The molecule has 4 heterocycles. The van der Waals surface area contributed by atoms with Crippen molar-refractivity contribution in [1.82, 2.24) is 9.80 Å². The minimum Gasteiger partial charge on any atom is -0.472 e. The lowest BCUT2D eigenvalue weighted by Crippen LogP contribution is -2.34. The molecule has 2 aromatic rings. The van der Waals surface area contributed by atoms with E-state index in [-0.39, 0.29) is 12.0 Å². The first-order valence-electron chi connectivity index (χ1n) is 8.43. The van der Waals surface area contributed by atoms with Gasteiger partial charge in [-0.1, -0.05) is 6.07 Å². The van der Waals surface area contributed by atoms with E-state index in [0.717, 1.165) is 44.2 Å². The van der Waals surface area contributed by atoms with E-state index in [2.05, 4.69) is 4.90 Å². The molecule has 1 amide bonds. The first-order chi connectivity index (χ1) is 11.8. The molecule has 2 aliphatic heterocycles. The Morgan fingerprint density at radius 3 is 3.04 bits per heavy atom. The van der Waals surface area contributed by atoms with E-state index in [4.69, 9.17) is 9.15 Å². The molecule has 6 heteroatoms. The van der Waals surface area contributed by atoms with Gasteiger partial charge in [0.25, 0.3) is 0 Å². The second-order valence-corrected chi connectivity index (χ2v) is 7.62. The Morgan fingerprint density at radius 2 is 2.25 bits per heavy atom. The molecule has 0 N–H and O–H groups in total. The molecule has 0 aromatic carbocycles. The van der Waals surface area contributed by atoms with Gasteiger partial charge < -0.3 is 14.1 Å². The Bertz CT molecular complexity index is 656. The van der Waals surface area contributed by atoms with Gasteiger partial charge >= 0.3 is 0 Å². The van der Waals surface area contributed by atoms with Crippen molar-refractivity contribution >= 4 is 17.2 Å². The molecule has 2 saturated heterocycles. The highest BCUT2D eigenvalue weighted by atomic mass is 32.1. The van der Waals surface area contributed by atoms with Crippen LogP contribution in [-0.4, -0.2) is 54.6 Å². The number of furan rings is 1. The third kappa shape index (κ3) is 3.55. The number of rotatable bonds is 4. The number of hydrogen-bond donors (Lipinski definition) is 0. The molecule has 2 aliphatic rings. The van der Waals surface area contributed by atoms with Crippen molar-refractivity contribution in [3.63, 3.8) is 0 Å². The largest absolute Gasteiger partial charge is 0.472 e. The van der Waals surface area contributed by atoms with Crippen LogP contribution in [0.3, 0.4) is 0 Å². The van der Waals surface area contributed by atoms with Crippen molar-refractivity contribution in [2.45, 2.75) is 19.1 Å². The van der Waals surface area contributed by atoms with Crippen LogP contribution in [0.1, 0.15) is 10.4 Å². The maximum atomic E-state index is 12.5. The van der Waals surface area contributed by atoms with Gasteiger partial charge in [-0.2, -0.15) is 0 Å². The van der Waals surface area contributed by atoms with E-state index < -0.39 is 0 Å². The fourth-order valence-corrected chi connectivity index (χ4v) is 4.32. The zero-order valence-corrected chi connectivity index (χ0v) is 14.4. The van der Waals surface area contributed by atoms with Gasteiger partial charge in [0.15, 0.2) is 0 Å².